The molecule has 3 aromatic rings. The number of nitrogens with one attached hydrogen (secondary N) is 1. The van der Waals surface area contributed by atoms with Crippen molar-refractivity contribution in [3.8, 4) is 10.6 Å². The summed E-state index contributed by atoms with van der Waals surface area (Å²) in [5, 5.41) is 15.0. The van der Waals surface area contributed by atoms with E-state index in [9.17, 15) is 14.7 Å². The normalized spacial score (nSPS) is 14.3. The lowest BCUT2D eigenvalue weighted by molar-refractivity contribution is -0.142. The second kappa shape index (κ2) is 12.7. The molecule has 0 radical (unpaired) electrons. The van der Waals surface area contributed by atoms with Crippen LogP contribution >= 0.6 is 34.3 Å². The number of aliphatic carboxylic acids is 1. The number of carboxylic acid groups (broad SMARTS) is 1. The molecule has 0 aromatic carbocycles. The Morgan fingerprint density at radius 2 is 2.08 bits per heavy atom. The average molecular weight is 565 g/mol. The Kier molecular flexibility index (Phi) is 9.43. The number of nitrogens with zero attached hydrogens (tertiary/aromatic N) is 5. The van der Waals surface area contributed by atoms with E-state index in [-0.39, 0.29) is 11.6 Å². The number of carbonyl (C=O) groups is 2. The molecule has 0 spiro atoms. The van der Waals surface area contributed by atoms with E-state index in [0.717, 1.165) is 28.5 Å². The molecule has 13 heteroatoms. The Bertz CT molecular complexity index is 1210. The lowest BCUT2D eigenvalue weighted by atomic mass is 9.97. The minimum absolute atomic E-state index is 0.178. The number of hydrogen-bond donors (Lipinski definition) is 2. The van der Waals surface area contributed by atoms with Gasteiger partial charge >= 0.3 is 5.97 Å². The molecule has 198 valence electrons. The van der Waals surface area contributed by atoms with Gasteiger partial charge in [0.15, 0.2) is 5.13 Å². The molecule has 4 heterocycles. The number of halogens is 1. The Morgan fingerprint density at radius 1 is 1.30 bits per heavy atom. The first-order chi connectivity index (χ1) is 17.9. The van der Waals surface area contributed by atoms with Crippen LogP contribution in [-0.2, 0) is 16.1 Å². The molecule has 1 saturated heterocycles. The zero-order valence-corrected chi connectivity index (χ0v) is 23.0. The van der Waals surface area contributed by atoms with Crippen molar-refractivity contribution in [2.24, 2.45) is 5.92 Å². The van der Waals surface area contributed by atoms with Crippen LogP contribution in [0.25, 0.3) is 10.6 Å². The summed E-state index contributed by atoms with van der Waals surface area (Å²) < 4.78 is 5.23. The molecule has 10 nitrogen and oxygen atoms in total. The Morgan fingerprint density at radius 3 is 2.68 bits per heavy atom. The molecule has 2 N–H and O–H groups in total. The summed E-state index contributed by atoms with van der Waals surface area (Å²) in [6, 6.07) is 1.88. The lowest BCUT2D eigenvalue weighted by Crippen LogP contribution is -2.36. The van der Waals surface area contributed by atoms with E-state index in [2.05, 4.69) is 27.1 Å². The third-order valence-corrected chi connectivity index (χ3v) is 8.42. The molecule has 37 heavy (non-hydrogen) atoms. The zero-order valence-electron chi connectivity index (χ0n) is 20.6. The molecular formula is C24H29ClN6O4S2. The topological polar surface area (TPSA) is 121 Å². The van der Waals surface area contributed by atoms with E-state index in [1.54, 1.807) is 13.3 Å². The monoisotopic (exact) mass is 564 g/mol. The fraction of sp³-hybridized carbons (Fsp3) is 0.458. The number of thiazole rings is 1. The fourth-order valence-electron chi connectivity index (χ4n) is 4.03. The third-order valence-electron chi connectivity index (χ3n) is 6.18. The van der Waals surface area contributed by atoms with Crippen LogP contribution in [0.1, 0.15) is 35.1 Å². The van der Waals surface area contributed by atoms with Crippen LogP contribution in [0, 0.1) is 5.92 Å². The van der Waals surface area contributed by atoms with Crippen molar-refractivity contribution in [1.82, 2.24) is 19.9 Å². The van der Waals surface area contributed by atoms with Crippen molar-refractivity contribution in [2.75, 3.05) is 50.1 Å². The van der Waals surface area contributed by atoms with Gasteiger partial charge < -0.3 is 14.7 Å². The first kappa shape index (κ1) is 27.4. The van der Waals surface area contributed by atoms with E-state index in [4.69, 9.17) is 21.3 Å². The smallest absolute Gasteiger partial charge is 0.306 e. The fourth-order valence-corrected chi connectivity index (χ4v) is 6.20. The maximum absolute atomic E-state index is 12.9. The summed E-state index contributed by atoms with van der Waals surface area (Å²) in [6.45, 7) is 6.21. The van der Waals surface area contributed by atoms with E-state index in [1.165, 1.54) is 28.9 Å². The van der Waals surface area contributed by atoms with Gasteiger partial charge in [0.2, 0.25) is 0 Å². The number of rotatable bonds is 11. The lowest BCUT2D eigenvalue weighted by Gasteiger charge is -2.30. The largest absolute Gasteiger partial charge is 0.481 e. The molecule has 0 unspecified atom stereocenters. The highest BCUT2D eigenvalue weighted by Crippen LogP contribution is 2.37. The van der Waals surface area contributed by atoms with Crippen molar-refractivity contribution in [3.63, 3.8) is 0 Å². The van der Waals surface area contributed by atoms with Crippen molar-refractivity contribution in [1.29, 1.82) is 0 Å². The molecule has 0 saturated carbocycles. The van der Waals surface area contributed by atoms with Gasteiger partial charge in [0, 0.05) is 43.5 Å². The van der Waals surface area contributed by atoms with Gasteiger partial charge in [0.05, 0.1) is 40.5 Å². The number of aromatic nitrogens is 3. The quantitative estimate of drug-likeness (QED) is 0.350. The molecule has 0 aliphatic carbocycles. The van der Waals surface area contributed by atoms with Crippen LogP contribution in [-0.4, -0.2) is 76.7 Å². The number of methoxy groups -OCH3 is 1. The number of carbonyl (C=O) groups excluding carboxylic acids is 1. The number of ether oxygens (including phenoxy) is 1. The molecule has 1 aliphatic rings. The van der Waals surface area contributed by atoms with Gasteiger partial charge in [0.1, 0.15) is 11.5 Å². The van der Waals surface area contributed by atoms with Gasteiger partial charge in [-0.1, -0.05) is 29.9 Å². The number of thiophene rings is 1. The molecule has 4 rings (SSSR count). The molecular weight excluding hydrogens is 536 g/mol. The first-order valence-electron chi connectivity index (χ1n) is 11.9. The molecule has 1 amide bonds. The Balaban J connectivity index is 1.46. The van der Waals surface area contributed by atoms with E-state index >= 15 is 0 Å². The number of piperidine rings is 1. The number of amides is 1. The van der Waals surface area contributed by atoms with Crippen LogP contribution in [0.15, 0.2) is 23.8 Å². The summed E-state index contributed by atoms with van der Waals surface area (Å²) >= 11 is 9.11. The summed E-state index contributed by atoms with van der Waals surface area (Å²) in [7, 11) is 1.68. The van der Waals surface area contributed by atoms with E-state index in [1.807, 2.05) is 16.3 Å². The van der Waals surface area contributed by atoms with Gasteiger partial charge in [-0.15, -0.1) is 11.3 Å². The Hall–Kier alpha value is -2.64. The zero-order chi connectivity index (χ0) is 26.4. The van der Waals surface area contributed by atoms with Crippen LogP contribution in [0.3, 0.4) is 0 Å². The summed E-state index contributed by atoms with van der Waals surface area (Å²) in [5.74, 6) is -0.848. The van der Waals surface area contributed by atoms with Crippen molar-refractivity contribution in [2.45, 2.75) is 26.3 Å². The second-order valence-corrected chi connectivity index (χ2v) is 11.0. The second-order valence-electron chi connectivity index (χ2n) is 8.60. The molecule has 3 aromatic heterocycles. The van der Waals surface area contributed by atoms with Crippen molar-refractivity contribution >= 4 is 57.1 Å². The molecule has 1 fully saturated rings. The average Bonchev–Trinajstić information content (AvgIpc) is 3.52. The highest BCUT2D eigenvalue weighted by molar-refractivity contribution is 7.17. The van der Waals surface area contributed by atoms with Gasteiger partial charge in [-0.3, -0.25) is 19.8 Å². The van der Waals surface area contributed by atoms with Crippen LogP contribution in [0.5, 0.6) is 0 Å². The number of likely N-dealkylation sites (N-methyl/N-ethyl adjacent to an activating group) is 1. The van der Waals surface area contributed by atoms with Crippen molar-refractivity contribution in [3.05, 3.63) is 39.4 Å². The molecule has 0 atom stereocenters. The summed E-state index contributed by atoms with van der Waals surface area (Å²) in [6.07, 6.45) is 4.11. The number of hydrogen-bond acceptors (Lipinski definition) is 10. The summed E-state index contributed by atoms with van der Waals surface area (Å²) in [5.41, 5.74) is 0.983. The van der Waals surface area contributed by atoms with Crippen molar-refractivity contribution < 1.29 is 19.4 Å². The summed E-state index contributed by atoms with van der Waals surface area (Å²) in [4.78, 5) is 43.7. The van der Waals surface area contributed by atoms with Gasteiger partial charge in [0.25, 0.3) is 5.91 Å². The van der Waals surface area contributed by atoms with Gasteiger partial charge in [-0.05, 0) is 25.5 Å². The van der Waals surface area contributed by atoms with Crippen LogP contribution in [0.4, 0.5) is 10.9 Å². The predicted molar refractivity (Wildman–Crippen MR) is 146 cm³/mol. The molecule has 0 bridgehead atoms. The maximum atomic E-state index is 12.9. The van der Waals surface area contributed by atoms with E-state index in [0.29, 0.717) is 55.1 Å². The minimum atomic E-state index is -0.759. The highest BCUT2D eigenvalue weighted by atomic mass is 35.5. The van der Waals surface area contributed by atoms with Crippen LogP contribution in [0.2, 0.25) is 5.02 Å². The van der Waals surface area contributed by atoms with E-state index < -0.39 is 11.9 Å². The Labute approximate surface area is 228 Å². The third kappa shape index (κ3) is 7.02. The maximum Gasteiger partial charge on any atom is 0.306 e. The standard InChI is InChI=1S/C24H29ClN6O4S2/c1-3-30(8-9-35-2)13-19-21(18-10-16(25)14-36-18)28-24(37-19)29-22(32)17-11-27-20(12-26-17)31-6-4-15(5-7-31)23(33)34/h10-12,14-15H,3-9,13H2,1-2H3,(H,33,34)(H,28,29,32). The van der Waals surface area contributed by atoms with Crippen LogP contribution < -0.4 is 10.2 Å². The molecule has 1 aliphatic heterocycles. The number of carboxylic acids is 1. The predicted octanol–water partition coefficient (Wildman–Crippen LogP) is 4.34. The van der Waals surface area contributed by atoms with Gasteiger partial charge in [-0.2, -0.15) is 0 Å². The minimum Gasteiger partial charge on any atom is -0.481 e. The first-order valence-corrected chi connectivity index (χ1v) is 14.0. The van der Waals surface area contributed by atoms with Gasteiger partial charge in [-0.25, -0.2) is 15.0 Å². The SMILES string of the molecule is CCN(CCOC)Cc1sc(NC(=O)c2cnc(N3CCC(C(=O)O)CC3)cn2)nc1-c1cc(Cl)cs1. The number of anilines is 2. The highest BCUT2D eigenvalue weighted by Gasteiger charge is 2.25.